The molecular formula is C12H19NO3. The molecule has 4 nitrogen and oxygen atoms in total. The van der Waals surface area contributed by atoms with Gasteiger partial charge in [0.15, 0.2) is 0 Å². The Morgan fingerprint density at radius 1 is 1.19 bits per heavy atom. The summed E-state index contributed by atoms with van der Waals surface area (Å²) in [5.41, 5.74) is 0.0590. The van der Waals surface area contributed by atoms with Crippen molar-refractivity contribution in [3.05, 3.63) is 35.9 Å². The Bertz CT molecular complexity index is 298. The first kappa shape index (κ1) is 13.1. The SMILES string of the molecule is CC(CO)(CO)NCC(O)c1ccccc1. The zero-order chi connectivity index (χ0) is 12.0. The summed E-state index contributed by atoms with van der Waals surface area (Å²) in [5, 5.41) is 30.9. The van der Waals surface area contributed by atoms with E-state index in [0.717, 1.165) is 5.56 Å². The van der Waals surface area contributed by atoms with Gasteiger partial charge in [-0.1, -0.05) is 30.3 Å². The van der Waals surface area contributed by atoms with Gasteiger partial charge in [-0.05, 0) is 12.5 Å². The maximum atomic E-state index is 9.85. The first-order valence-corrected chi connectivity index (χ1v) is 5.31. The Morgan fingerprint density at radius 2 is 1.75 bits per heavy atom. The molecule has 1 aromatic carbocycles. The van der Waals surface area contributed by atoms with Crippen LogP contribution in [-0.2, 0) is 0 Å². The lowest BCUT2D eigenvalue weighted by molar-refractivity contribution is 0.0846. The highest BCUT2D eigenvalue weighted by Gasteiger charge is 2.22. The van der Waals surface area contributed by atoms with E-state index in [1.54, 1.807) is 6.92 Å². The quantitative estimate of drug-likeness (QED) is 0.552. The maximum absolute atomic E-state index is 9.85. The van der Waals surface area contributed by atoms with E-state index in [4.69, 9.17) is 10.2 Å². The molecule has 0 aliphatic rings. The first-order valence-electron chi connectivity index (χ1n) is 5.31. The smallest absolute Gasteiger partial charge is 0.0914 e. The Labute approximate surface area is 95.6 Å². The van der Waals surface area contributed by atoms with Crippen molar-refractivity contribution in [3.8, 4) is 0 Å². The van der Waals surface area contributed by atoms with Gasteiger partial charge in [-0.15, -0.1) is 0 Å². The Morgan fingerprint density at radius 3 is 2.25 bits per heavy atom. The van der Waals surface area contributed by atoms with Crippen LogP contribution in [-0.4, -0.2) is 40.6 Å². The maximum Gasteiger partial charge on any atom is 0.0914 e. The molecule has 4 heteroatoms. The Balaban J connectivity index is 2.50. The molecule has 4 N–H and O–H groups in total. The highest BCUT2D eigenvalue weighted by Crippen LogP contribution is 2.12. The minimum Gasteiger partial charge on any atom is -0.394 e. The van der Waals surface area contributed by atoms with Crippen molar-refractivity contribution in [1.29, 1.82) is 0 Å². The van der Waals surface area contributed by atoms with Crippen LogP contribution in [0.25, 0.3) is 0 Å². The van der Waals surface area contributed by atoms with E-state index in [2.05, 4.69) is 5.32 Å². The van der Waals surface area contributed by atoms with Gasteiger partial charge >= 0.3 is 0 Å². The second kappa shape index (κ2) is 5.96. The molecule has 1 rings (SSSR count). The largest absolute Gasteiger partial charge is 0.394 e. The number of rotatable bonds is 6. The third-order valence-electron chi connectivity index (χ3n) is 2.60. The lowest BCUT2D eigenvalue weighted by Gasteiger charge is -2.27. The number of hydrogen-bond acceptors (Lipinski definition) is 4. The van der Waals surface area contributed by atoms with E-state index in [1.807, 2.05) is 30.3 Å². The summed E-state index contributed by atoms with van der Waals surface area (Å²) in [4.78, 5) is 0. The molecule has 16 heavy (non-hydrogen) atoms. The van der Waals surface area contributed by atoms with Crippen LogP contribution in [0.4, 0.5) is 0 Å². The van der Waals surface area contributed by atoms with Crippen molar-refractivity contribution in [2.45, 2.75) is 18.6 Å². The summed E-state index contributed by atoms with van der Waals surface area (Å²) < 4.78 is 0. The van der Waals surface area contributed by atoms with Gasteiger partial charge in [-0.25, -0.2) is 0 Å². The molecule has 1 aromatic rings. The molecule has 1 atom stereocenters. The molecule has 0 aliphatic carbocycles. The Hall–Kier alpha value is -0.940. The summed E-state index contributed by atoms with van der Waals surface area (Å²) in [6, 6.07) is 9.27. The van der Waals surface area contributed by atoms with Gasteiger partial charge in [-0.3, -0.25) is 0 Å². The van der Waals surface area contributed by atoms with Gasteiger partial charge in [0, 0.05) is 6.54 Å². The fraction of sp³-hybridized carbons (Fsp3) is 0.500. The monoisotopic (exact) mass is 225 g/mol. The molecule has 0 aromatic heterocycles. The third kappa shape index (κ3) is 3.57. The van der Waals surface area contributed by atoms with Crippen LogP contribution in [0, 0.1) is 0 Å². The molecular weight excluding hydrogens is 206 g/mol. The number of hydrogen-bond donors (Lipinski definition) is 4. The number of aliphatic hydroxyl groups excluding tert-OH is 3. The van der Waals surface area contributed by atoms with Crippen molar-refractivity contribution in [2.75, 3.05) is 19.8 Å². The molecule has 0 saturated carbocycles. The molecule has 0 heterocycles. The van der Waals surface area contributed by atoms with Crippen LogP contribution >= 0.6 is 0 Å². The zero-order valence-corrected chi connectivity index (χ0v) is 9.43. The average Bonchev–Trinajstić information content (AvgIpc) is 2.36. The summed E-state index contributed by atoms with van der Waals surface area (Å²) in [5.74, 6) is 0. The van der Waals surface area contributed by atoms with Gasteiger partial charge in [0.25, 0.3) is 0 Å². The van der Waals surface area contributed by atoms with Crippen LogP contribution in [0.1, 0.15) is 18.6 Å². The predicted molar refractivity (Wildman–Crippen MR) is 62.0 cm³/mol. The molecule has 90 valence electrons. The fourth-order valence-electron chi connectivity index (χ4n) is 1.30. The molecule has 1 unspecified atom stereocenters. The topological polar surface area (TPSA) is 72.7 Å². The normalized spacial score (nSPS) is 13.8. The van der Waals surface area contributed by atoms with Crippen molar-refractivity contribution >= 4 is 0 Å². The summed E-state index contributed by atoms with van der Waals surface area (Å²) in [6.07, 6.45) is -0.640. The van der Waals surface area contributed by atoms with Crippen LogP contribution in [0.5, 0.6) is 0 Å². The summed E-state index contributed by atoms with van der Waals surface area (Å²) in [6.45, 7) is 1.64. The van der Waals surface area contributed by atoms with Crippen LogP contribution in [0.15, 0.2) is 30.3 Å². The Kier molecular flexibility index (Phi) is 4.89. The molecule has 0 bridgehead atoms. The zero-order valence-electron chi connectivity index (χ0n) is 9.43. The molecule has 0 fully saturated rings. The van der Waals surface area contributed by atoms with Gasteiger partial charge < -0.3 is 20.6 Å². The highest BCUT2D eigenvalue weighted by atomic mass is 16.3. The molecule has 0 amide bonds. The van der Waals surface area contributed by atoms with Crippen LogP contribution in [0.3, 0.4) is 0 Å². The molecule has 0 saturated heterocycles. The fourth-order valence-corrected chi connectivity index (χ4v) is 1.30. The van der Waals surface area contributed by atoms with Crippen LogP contribution < -0.4 is 5.32 Å². The molecule has 0 aliphatic heterocycles. The van der Waals surface area contributed by atoms with Gasteiger partial charge in [0.05, 0.1) is 24.9 Å². The third-order valence-corrected chi connectivity index (χ3v) is 2.60. The lowest BCUT2D eigenvalue weighted by Crippen LogP contribution is -2.50. The number of nitrogens with one attached hydrogen (secondary N) is 1. The summed E-state index contributed by atoms with van der Waals surface area (Å²) in [7, 11) is 0. The van der Waals surface area contributed by atoms with E-state index >= 15 is 0 Å². The van der Waals surface area contributed by atoms with E-state index < -0.39 is 11.6 Å². The minimum absolute atomic E-state index is 0.176. The molecule has 0 spiro atoms. The highest BCUT2D eigenvalue weighted by molar-refractivity contribution is 5.17. The average molecular weight is 225 g/mol. The van der Waals surface area contributed by atoms with E-state index in [9.17, 15) is 5.11 Å². The number of benzene rings is 1. The minimum atomic E-state index is -0.754. The standard InChI is InChI=1S/C12H19NO3/c1-12(8-14,9-15)13-7-11(16)10-5-3-2-4-6-10/h2-6,11,13-16H,7-9H2,1H3. The van der Waals surface area contributed by atoms with Crippen LogP contribution in [0.2, 0.25) is 0 Å². The van der Waals surface area contributed by atoms with Gasteiger partial charge in [-0.2, -0.15) is 0 Å². The van der Waals surface area contributed by atoms with E-state index in [-0.39, 0.29) is 13.2 Å². The second-order valence-corrected chi connectivity index (χ2v) is 4.18. The number of β-amino-alcohol motifs (C(OH)–C–C–N with tert-alkyl or cyclic N) is 1. The predicted octanol–water partition coefficient (Wildman–Crippen LogP) is 0.0529. The van der Waals surface area contributed by atoms with Crippen molar-refractivity contribution in [3.63, 3.8) is 0 Å². The van der Waals surface area contributed by atoms with Crippen molar-refractivity contribution < 1.29 is 15.3 Å². The van der Waals surface area contributed by atoms with Gasteiger partial charge in [0.1, 0.15) is 0 Å². The number of aliphatic hydroxyl groups is 3. The lowest BCUT2D eigenvalue weighted by atomic mass is 10.0. The molecule has 0 radical (unpaired) electrons. The summed E-state index contributed by atoms with van der Waals surface area (Å²) >= 11 is 0. The van der Waals surface area contributed by atoms with Crippen molar-refractivity contribution in [2.24, 2.45) is 0 Å². The van der Waals surface area contributed by atoms with Crippen molar-refractivity contribution in [1.82, 2.24) is 5.32 Å². The second-order valence-electron chi connectivity index (χ2n) is 4.18. The van der Waals surface area contributed by atoms with Gasteiger partial charge in [0.2, 0.25) is 0 Å². The van der Waals surface area contributed by atoms with E-state index in [1.165, 1.54) is 0 Å². The van der Waals surface area contributed by atoms with E-state index in [0.29, 0.717) is 6.54 Å². The first-order chi connectivity index (χ1) is 7.61.